The maximum Gasteiger partial charge on any atom is 0.234 e. The number of hydrogen-bond donors (Lipinski definition) is 2. The maximum atomic E-state index is 12.0. The minimum Gasteiger partial charge on any atom is -0.469 e. The third-order valence-electron chi connectivity index (χ3n) is 4.77. The number of rotatable bonds is 9. The molecular formula is C19H32IN5O3. The molecule has 3 rings (SSSR count). The van der Waals surface area contributed by atoms with Crippen molar-refractivity contribution >= 4 is 35.8 Å². The molecule has 1 aromatic heterocycles. The van der Waals surface area contributed by atoms with Crippen LogP contribution < -0.4 is 10.6 Å². The van der Waals surface area contributed by atoms with Crippen LogP contribution in [0.3, 0.4) is 0 Å². The van der Waals surface area contributed by atoms with Gasteiger partial charge in [0.2, 0.25) is 5.91 Å². The third-order valence-corrected chi connectivity index (χ3v) is 4.77. The van der Waals surface area contributed by atoms with Gasteiger partial charge in [-0.2, -0.15) is 0 Å². The lowest BCUT2D eigenvalue weighted by atomic mass is 10.3. The molecule has 0 spiro atoms. The van der Waals surface area contributed by atoms with Gasteiger partial charge in [0.25, 0.3) is 0 Å². The first-order valence-electron chi connectivity index (χ1n) is 9.81. The molecule has 1 aliphatic carbocycles. The Morgan fingerprint density at radius 1 is 1.32 bits per heavy atom. The molecule has 2 heterocycles. The number of hydrogen-bond acceptors (Lipinski definition) is 5. The van der Waals surface area contributed by atoms with Crippen molar-refractivity contribution in [2.24, 2.45) is 4.99 Å². The van der Waals surface area contributed by atoms with Crippen LogP contribution in [-0.4, -0.2) is 87.2 Å². The first-order valence-corrected chi connectivity index (χ1v) is 9.81. The highest BCUT2D eigenvalue weighted by Crippen LogP contribution is 2.18. The van der Waals surface area contributed by atoms with Crippen molar-refractivity contribution in [1.82, 2.24) is 20.4 Å². The van der Waals surface area contributed by atoms with E-state index in [1.165, 1.54) is 0 Å². The summed E-state index contributed by atoms with van der Waals surface area (Å²) in [5.74, 6) is 2.02. The predicted molar refractivity (Wildman–Crippen MR) is 119 cm³/mol. The zero-order chi connectivity index (χ0) is 18.9. The molecule has 2 fully saturated rings. The summed E-state index contributed by atoms with van der Waals surface area (Å²) in [7, 11) is 1.69. The molecule has 0 unspecified atom stereocenters. The summed E-state index contributed by atoms with van der Waals surface area (Å²) in [6.07, 6.45) is 4.77. The highest BCUT2D eigenvalue weighted by atomic mass is 127. The normalized spacial score (nSPS) is 17.9. The van der Waals surface area contributed by atoms with Gasteiger partial charge in [0.05, 0.1) is 26.0 Å². The molecule has 1 amide bonds. The number of ether oxygens (including phenoxy) is 1. The standard InChI is InChI=1S/C19H31N5O3.HI/c1-26-14-8-21-19(20-7-6-17-3-2-13-27-17)24-11-9-23(10-12-24)15-18(25)22-16-4-5-16;/h2-3,13,16H,4-12,14-15H2,1H3,(H,20,21)(H,22,25);1H. The largest absolute Gasteiger partial charge is 0.469 e. The van der Waals surface area contributed by atoms with Gasteiger partial charge in [0, 0.05) is 52.3 Å². The summed E-state index contributed by atoms with van der Waals surface area (Å²) in [5.41, 5.74) is 0. The minimum absolute atomic E-state index is 0. The van der Waals surface area contributed by atoms with E-state index in [4.69, 9.17) is 9.15 Å². The topological polar surface area (TPSA) is 82.3 Å². The van der Waals surface area contributed by atoms with Crippen molar-refractivity contribution in [3.05, 3.63) is 24.2 Å². The van der Waals surface area contributed by atoms with Gasteiger partial charge in [0.15, 0.2) is 5.96 Å². The maximum absolute atomic E-state index is 12.0. The highest BCUT2D eigenvalue weighted by Gasteiger charge is 2.25. The van der Waals surface area contributed by atoms with Gasteiger partial charge in [-0.25, -0.2) is 0 Å². The molecule has 0 radical (unpaired) electrons. The van der Waals surface area contributed by atoms with Gasteiger partial charge < -0.3 is 24.7 Å². The van der Waals surface area contributed by atoms with Gasteiger partial charge in [0.1, 0.15) is 5.76 Å². The Morgan fingerprint density at radius 3 is 2.75 bits per heavy atom. The van der Waals surface area contributed by atoms with E-state index >= 15 is 0 Å². The number of aliphatic imine (C=N–C) groups is 1. The van der Waals surface area contributed by atoms with E-state index in [0.29, 0.717) is 25.7 Å². The fourth-order valence-electron chi connectivity index (χ4n) is 3.08. The average Bonchev–Trinajstić information content (AvgIpc) is 3.32. The Hall–Kier alpha value is -1.33. The summed E-state index contributed by atoms with van der Waals surface area (Å²) < 4.78 is 10.5. The summed E-state index contributed by atoms with van der Waals surface area (Å²) in [4.78, 5) is 21.1. The second kappa shape index (κ2) is 12.3. The third kappa shape index (κ3) is 7.96. The molecule has 2 N–H and O–H groups in total. The zero-order valence-electron chi connectivity index (χ0n) is 16.6. The SMILES string of the molecule is COCCN=C(NCCc1ccco1)N1CCN(CC(=O)NC2CC2)CC1.I. The fourth-order valence-corrected chi connectivity index (χ4v) is 3.08. The number of carbonyl (C=O) groups excluding carboxylic acids is 1. The van der Waals surface area contributed by atoms with Gasteiger partial charge in [-0.05, 0) is 25.0 Å². The molecule has 1 aliphatic heterocycles. The van der Waals surface area contributed by atoms with Crippen LogP contribution in [0.5, 0.6) is 0 Å². The smallest absolute Gasteiger partial charge is 0.234 e. The molecule has 0 atom stereocenters. The Morgan fingerprint density at radius 2 is 2.11 bits per heavy atom. The summed E-state index contributed by atoms with van der Waals surface area (Å²) in [6.45, 7) is 5.93. The quantitative estimate of drug-likeness (QED) is 0.225. The van der Waals surface area contributed by atoms with E-state index in [-0.39, 0.29) is 29.9 Å². The zero-order valence-corrected chi connectivity index (χ0v) is 18.9. The molecule has 8 nitrogen and oxygen atoms in total. The molecule has 158 valence electrons. The number of carbonyl (C=O) groups is 1. The molecule has 1 saturated heterocycles. The Labute approximate surface area is 184 Å². The van der Waals surface area contributed by atoms with Crippen LogP contribution in [0.15, 0.2) is 27.8 Å². The number of methoxy groups -OCH3 is 1. The molecular weight excluding hydrogens is 473 g/mol. The molecule has 9 heteroatoms. The average molecular weight is 505 g/mol. The number of piperazine rings is 1. The van der Waals surface area contributed by atoms with Gasteiger partial charge in [-0.3, -0.25) is 14.7 Å². The van der Waals surface area contributed by atoms with Crippen molar-refractivity contribution in [3.63, 3.8) is 0 Å². The van der Waals surface area contributed by atoms with Gasteiger partial charge in [-0.15, -0.1) is 24.0 Å². The molecule has 1 aromatic rings. The summed E-state index contributed by atoms with van der Waals surface area (Å²) in [6, 6.07) is 4.31. The van der Waals surface area contributed by atoms with Crippen molar-refractivity contribution in [1.29, 1.82) is 0 Å². The second-order valence-corrected chi connectivity index (χ2v) is 7.06. The first-order chi connectivity index (χ1) is 13.2. The number of guanidine groups is 1. The Kier molecular flexibility index (Phi) is 10.1. The van der Waals surface area contributed by atoms with E-state index in [1.54, 1.807) is 13.4 Å². The van der Waals surface area contributed by atoms with E-state index in [0.717, 1.165) is 63.7 Å². The van der Waals surface area contributed by atoms with Crippen molar-refractivity contribution in [3.8, 4) is 0 Å². The number of furan rings is 1. The number of nitrogens with zero attached hydrogens (tertiary/aromatic N) is 3. The van der Waals surface area contributed by atoms with Crippen molar-refractivity contribution in [2.45, 2.75) is 25.3 Å². The highest BCUT2D eigenvalue weighted by molar-refractivity contribution is 14.0. The fraction of sp³-hybridized carbons (Fsp3) is 0.684. The van der Waals surface area contributed by atoms with Crippen molar-refractivity contribution in [2.75, 3.05) is 59.5 Å². The number of amides is 1. The van der Waals surface area contributed by atoms with E-state index in [9.17, 15) is 4.79 Å². The van der Waals surface area contributed by atoms with Gasteiger partial charge >= 0.3 is 0 Å². The lowest BCUT2D eigenvalue weighted by molar-refractivity contribution is -0.122. The van der Waals surface area contributed by atoms with Crippen LogP contribution >= 0.6 is 24.0 Å². The number of halogens is 1. The summed E-state index contributed by atoms with van der Waals surface area (Å²) >= 11 is 0. The first kappa shape index (κ1) is 23.0. The van der Waals surface area contributed by atoms with Gasteiger partial charge in [-0.1, -0.05) is 0 Å². The molecule has 28 heavy (non-hydrogen) atoms. The molecule has 1 saturated carbocycles. The molecule has 0 aromatic carbocycles. The van der Waals surface area contributed by atoms with Crippen LogP contribution in [-0.2, 0) is 16.0 Å². The molecule has 2 aliphatic rings. The van der Waals surface area contributed by atoms with E-state index in [1.807, 2.05) is 12.1 Å². The van der Waals surface area contributed by atoms with E-state index in [2.05, 4.69) is 25.4 Å². The van der Waals surface area contributed by atoms with Crippen LogP contribution in [0.2, 0.25) is 0 Å². The number of nitrogens with one attached hydrogen (secondary N) is 2. The Bertz CT molecular complexity index is 599. The second-order valence-electron chi connectivity index (χ2n) is 7.06. The van der Waals surface area contributed by atoms with Crippen LogP contribution in [0, 0.1) is 0 Å². The van der Waals surface area contributed by atoms with Crippen LogP contribution in [0.4, 0.5) is 0 Å². The Balaban J connectivity index is 0.00000280. The monoisotopic (exact) mass is 505 g/mol. The van der Waals surface area contributed by atoms with Crippen LogP contribution in [0.25, 0.3) is 0 Å². The van der Waals surface area contributed by atoms with Crippen molar-refractivity contribution < 1.29 is 13.9 Å². The predicted octanol–water partition coefficient (Wildman–Crippen LogP) is 0.928. The summed E-state index contributed by atoms with van der Waals surface area (Å²) in [5, 5.41) is 6.50. The minimum atomic E-state index is 0. The lowest BCUT2D eigenvalue weighted by Crippen LogP contribution is -2.54. The lowest BCUT2D eigenvalue weighted by Gasteiger charge is -2.36. The van der Waals surface area contributed by atoms with Crippen LogP contribution in [0.1, 0.15) is 18.6 Å². The van der Waals surface area contributed by atoms with E-state index < -0.39 is 0 Å². The molecule has 0 bridgehead atoms.